The van der Waals surface area contributed by atoms with Gasteiger partial charge in [0.05, 0.1) is 4.58 Å². The van der Waals surface area contributed by atoms with E-state index in [0.29, 0.717) is 0 Å². The van der Waals surface area contributed by atoms with Crippen molar-refractivity contribution in [3.05, 3.63) is 35.9 Å². The molecule has 0 radical (unpaired) electrons. The average molecular weight is 297 g/mol. The van der Waals surface area contributed by atoms with E-state index >= 15 is 0 Å². The third-order valence-electron chi connectivity index (χ3n) is 3.11. The van der Waals surface area contributed by atoms with Crippen molar-refractivity contribution in [1.82, 2.24) is 0 Å². The molecule has 0 amide bonds. The SMILES string of the molecule is CCCCSC(CCc1ccccc1)SCCCC. The summed E-state index contributed by atoms with van der Waals surface area (Å²) in [5.74, 6) is 2.66. The predicted molar refractivity (Wildman–Crippen MR) is 93.3 cm³/mol. The quantitative estimate of drug-likeness (QED) is 0.362. The predicted octanol–water partition coefficient (Wildman–Crippen LogP) is 6.01. The monoisotopic (exact) mass is 296 g/mol. The van der Waals surface area contributed by atoms with Crippen molar-refractivity contribution in [2.24, 2.45) is 0 Å². The molecule has 0 unspecified atom stereocenters. The molecule has 0 N–H and O–H groups in total. The average Bonchev–Trinajstić information content (AvgIpc) is 2.45. The van der Waals surface area contributed by atoms with Gasteiger partial charge in [0.1, 0.15) is 0 Å². The summed E-state index contributed by atoms with van der Waals surface area (Å²) < 4.78 is 0.790. The van der Waals surface area contributed by atoms with Crippen LogP contribution >= 0.6 is 23.5 Å². The molecule has 0 heterocycles. The zero-order valence-corrected chi connectivity index (χ0v) is 14.1. The van der Waals surface area contributed by atoms with E-state index in [0.717, 1.165) is 4.58 Å². The van der Waals surface area contributed by atoms with Gasteiger partial charge >= 0.3 is 0 Å². The van der Waals surface area contributed by atoms with Gasteiger partial charge in [0.25, 0.3) is 0 Å². The summed E-state index contributed by atoms with van der Waals surface area (Å²) in [5.41, 5.74) is 1.49. The van der Waals surface area contributed by atoms with Gasteiger partial charge in [-0.25, -0.2) is 0 Å². The number of benzene rings is 1. The Morgan fingerprint density at radius 2 is 1.47 bits per heavy atom. The van der Waals surface area contributed by atoms with Crippen molar-refractivity contribution in [3.8, 4) is 0 Å². The molecule has 0 atom stereocenters. The molecule has 0 bridgehead atoms. The minimum Gasteiger partial charge on any atom is -0.148 e. The summed E-state index contributed by atoms with van der Waals surface area (Å²) in [5, 5.41) is 0. The standard InChI is InChI=1S/C17H28S2/c1-3-5-14-18-17(19-15-6-4-2)13-12-16-10-8-7-9-11-16/h7-11,17H,3-6,12-15H2,1-2H3. The van der Waals surface area contributed by atoms with Crippen molar-refractivity contribution in [1.29, 1.82) is 0 Å². The summed E-state index contributed by atoms with van der Waals surface area (Å²) in [6, 6.07) is 10.9. The molecule has 0 fully saturated rings. The van der Waals surface area contributed by atoms with Crippen LogP contribution in [-0.2, 0) is 6.42 Å². The van der Waals surface area contributed by atoms with Gasteiger partial charge < -0.3 is 0 Å². The third-order valence-corrected chi connectivity index (χ3v) is 6.20. The fraction of sp³-hybridized carbons (Fsp3) is 0.647. The van der Waals surface area contributed by atoms with Crippen molar-refractivity contribution in [2.45, 2.75) is 57.0 Å². The molecule has 1 aromatic rings. The Labute approximate surface area is 128 Å². The lowest BCUT2D eigenvalue weighted by Crippen LogP contribution is -2.02. The zero-order valence-electron chi connectivity index (χ0n) is 12.4. The lowest BCUT2D eigenvalue weighted by Gasteiger charge is -2.16. The zero-order chi connectivity index (χ0) is 13.8. The van der Waals surface area contributed by atoms with Gasteiger partial charge in [0.15, 0.2) is 0 Å². The van der Waals surface area contributed by atoms with Gasteiger partial charge in [-0.15, -0.1) is 23.5 Å². The molecule has 0 nitrogen and oxygen atoms in total. The highest BCUT2D eigenvalue weighted by Gasteiger charge is 2.09. The van der Waals surface area contributed by atoms with E-state index in [9.17, 15) is 0 Å². The van der Waals surface area contributed by atoms with E-state index in [1.165, 1.54) is 55.6 Å². The smallest absolute Gasteiger partial charge is 0.0505 e. The summed E-state index contributed by atoms with van der Waals surface area (Å²) in [6.45, 7) is 4.56. The van der Waals surface area contributed by atoms with Crippen LogP contribution in [0, 0.1) is 0 Å². The van der Waals surface area contributed by atoms with Crippen molar-refractivity contribution < 1.29 is 0 Å². The second-order valence-corrected chi connectivity index (χ2v) is 7.82. The molecule has 0 saturated heterocycles. The number of rotatable bonds is 11. The lowest BCUT2D eigenvalue weighted by atomic mass is 10.1. The van der Waals surface area contributed by atoms with Crippen LogP contribution in [0.1, 0.15) is 51.5 Å². The van der Waals surface area contributed by atoms with Gasteiger partial charge in [-0.3, -0.25) is 0 Å². The third kappa shape index (κ3) is 8.65. The van der Waals surface area contributed by atoms with Crippen LogP contribution in [0.5, 0.6) is 0 Å². The van der Waals surface area contributed by atoms with Gasteiger partial charge in [-0.2, -0.15) is 0 Å². The van der Waals surface area contributed by atoms with Crippen LogP contribution in [0.4, 0.5) is 0 Å². The number of aryl methyl sites for hydroxylation is 1. The summed E-state index contributed by atoms with van der Waals surface area (Å²) >= 11 is 4.36. The highest BCUT2D eigenvalue weighted by atomic mass is 32.2. The maximum atomic E-state index is 2.28. The van der Waals surface area contributed by atoms with E-state index in [-0.39, 0.29) is 0 Å². The molecule has 1 aromatic carbocycles. The van der Waals surface area contributed by atoms with Crippen LogP contribution in [0.2, 0.25) is 0 Å². The normalized spacial score (nSPS) is 11.1. The summed E-state index contributed by atoms with van der Waals surface area (Å²) in [7, 11) is 0. The molecule has 0 aliphatic carbocycles. The van der Waals surface area contributed by atoms with Crippen molar-refractivity contribution in [2.75, 3.05) is 11.5 Å². The Bertz CT molecular complexity index is 287. The second-order valence-electron chi connectivity index (χ2n) is 4.90. The molecule has 1 rings (SSSR count). The number of hydrogen-bond donors (Lipinski definition) is 0. The molecular weight excluding hydrogens is 268 g/mol. The van der Waals surface area contributed by atoms with Crippen LogP contribution in [-0.4, -0.2) is 16.1 Å². The molecule has 19 heavy (non-hydrogen) atoms. The van der Waals surface area contributed by atoms with Crippen molar-refractivity contribution >= 4 is 23.5 Å². The highest BCUT2D eigenvalue weighted by molar-refractivity contribution is 8.17. The highest BCUT2D eigenvalue weighted by Crippen LogP contribution is 2.29. The summed E-state index contributed by atoms with van der Waals surface area (Å²) in [6.07, 6.45) is 7.90. The first-order chi connectivity index (χ1) is 9.36. The molecule has 108 valence electrons. The fourth-order valence-electron chi connectivity index (χ4n) is 1.86. The van der Waals surface area contributed by atoms with Crippen molar-refractivity contribution in [3.63, 3.8) is 0 Å². The van der Waals surface area contributed by atoms with E-state index in [2.05, 4.69) is 67.7 Å². The molecule has 0 saturated carbocycles. The van der Waals surface area contributed by atoms with Gasteiger partial charge in [0, 0.05) is 0 Å². The molecule has 0 aromatic heterocycles. The number of unbranched alkanes of at least 4 members (excludes halogenated alkanes) is 2. The first-order valence-corrected chi connectivity index (χ1v) is 9.73. The van der Waals surface area contributed by atoms with E-state index in [1.807, 2.05) is 0 Å². The van der Waals surface area contributed by atoms with Gasteiger partial charge in [0.2, 0.25) is 0 Å². The van der Waals surface area contributed by atoms with Crippen LogP contribution < -0.4 is 0 Å². The second kappa shape index (κ2) is 11.7. The Balaban J connectivity index is 2.30. The Hall–Kier alpha value is -0.0800. The maximum Gasteiger partial charge on any atom is 0.0505 e. The minimum atomic E-state index is 0.790. The Morgan fingerprint density at radius 3 is 2.00 bits per heavy atom. The van der Waals surface area contributed by atoms with E-state index in [4.69, 9.17) is 0 Å². The lowest BCUT2D eigenvalue weighted by molar-refractivity contribution is 0.871. The maximum absolute atomic E-state index is 2.28. The fourth-order valence-corrected chi connectivity index (χ4v) is 4.83. The van der Waals surface area contributed by atoms with E-state index < -0.39 is 0 Å². The largest absolute Gasteiger partial charge is 0.148 e. The van der Waals surface area contributed by atoms with Gasteiger partial charge in [-0.05, 0) is 42.8 Å². The van der Waals surface area contributed by atoms with E-state index in [1.54, 1.807) is 0 Å². The molecule has 0 aliphatic heterocycles. The number of hydrogen-bond acceptors (Lipinski definition) is 2. The first kappa shape index (κ1) is 17.0. The van der Waals surface area contributed by atoms with Crippen LogP contribution in [0.3, 0.4) is 0 Å². The molecule has 0 aliphatic rings. The Kier molecular flexibility index (Phi) is 10.5. The molecule has 2 heteroatoms. The van der Waals surface area contributed by atoms with Crippen LogP contribution in [0.15, 0.2) is 30.3 Å². The van der Waals surface area contributed by atoms with Crippen LogP contribution in [0.25, 0.3) is 0 Å². The molecular formula is C17H28S2. The summed E-state index contributed by atoms with van der Waals surface area (Å²) in [4.78, 5) is 0. The number of thioether (sulfide) groups is 2. The minimum absolute atomic E-state index is 0.790. The Morgan fingerprint density at radius 1 is 0.895 bits per heavy atom. The van der Waals surface area contributed by atoms with Gasteiger partial charge in [-0.1, -0.05) is 57.0 Å². The topological polar surface area (TPSA) is 0 Å². The first-order valence-electron chi connectivity index (χ1n) is 7.64. The molecule has 0 spiro atoms.